The van der Waals surface area contributed by atoms with Crippen molar-refractivity contribution in [3.8, 4) is 0 Å². The van der Waals surface area contributed by atoms with Crippen LogP contribution in [-0.2, 0) is 4.74 Å². The molecule has 2 nitrogen and oxygen atoms in total. The molecule has 0 aromatic rings. The summed E-state index contributed by atoms with van der Waals surface area (Å²) in [5, 5.41) is 0.0415. The molecule has 0 aliphatic rings. The standard InChI is InChI=1S/C4H6ClNOS/c5-2-1-3-7-4(6)8/h1-2H,3H2,(H2,6,8). The van der Waals surface area contributed by atoms with Gasteiger partial charge >= 0.3 is 0 Å². The van der Waals surface area contributed by atoms with Crippen LogP contribution >= 0.6 is 23.8 Å². The third-order valence-electron chi connectivity index (χ3n) is 0.411. The smallest absolute Gasteiger partial charge is 0.254 e. The van der Waals surface area contributed by atoms with Crippen LogP contribution in [-0.4, -0.2) is 11.8 Å². The summed E-state index contributed by atoms with van der Waals surface area (Å²) < 4.78 is 4.62. The van der Waals surface area contributed by atoms with E-state index < -0.39 is 0 Å². The highest BCUT2D eigenvalue weighted by Crippen LogP contribution is 1.79. The minimum absolute atomic E-state index is 0.0415. The average molecular weight is 152 g/mol. The molecule has 0 saturated heterocycles. The lowest BCUT2D eigenvalue weighted by atomic mass is 10.7. The summed E-state index contributed by atoms with van der Waals surface area (Å²) in [5.74, 6) is 0. The second-order valence-corrected chi connectivity index (χ2v) is 1.65. The normalized spacial score (nSPS) is 9.62. The van der Waals surface area contributed by atoms with Gasteiger partial charge in [-0.25, -0.2) is 0 Å². The maximum atomic E-state index is 5.14. The minimum Gasteiger partial charge on any atom is -0.467 e. The molecule has 0 bridgehead atoms. The van der Waals surface area contributed by atoms with Crippen molar-refractivity contribution < 1.29 is 4.74 Å². The quantitative estimate of drug-likeness (QED) is 0.598. The number of hydrogen-bond acceptors (Lipinski definition) is 2. The molecule has 0 radical (unpaired) electrons. The third kappa shape index (κ3) is 5.72. The van der Waals surface area contributed by atoms with Crippen molar-refractivity contribution >= 4 is 29.0 Å². The fraction of sp³-hybridized carbons (Fsp3) is 0.250. The second-order valence-electron chi connectivity index (χ2n) is 0.992. The third-order valence-corrected chi connectivity index (χ3v) is 0.707. The predicted molar refractivity (Wildman–Crippen MR) is 37.7 cm³/mol. The summed E-state index contributed by atoms with van der Waals surface area (Å²) in [4.78, 5) is 0. The molecule has 0 fully saturated rings. The van der Waals surface area contributed by atoms with Crippen LogP contribution in [0.15, 0.2) is 11.6 Å². The molecule has 2 N–H and O–H groups in total. The summed E-state index contributed by atoms with van der Waals surface area (Å²) in [5.41, 5.74) is 6.31. The first-order chi connectivity index (χ1) is 3.77. The van der Waals surface area contributed by atoms with E-state index in [0.717, 1.165) is 0 Å². The van der Waals surface area contributed by atoms with Crippen molar-refractivity contribution in [1.29, 1.82) is 0 Å². The van der Waals surface area contributed by atoms with Crippen LogP contribution in [0.2, 0.25) is 0 Å². The molecular formula is C4H6ClNOS. The van der Waals surface area contributed by atoms with E-state index in [9.17, 15) is 0 Å². The zero-order chi connectivity index (χ0) is 6.41. The largest absolute Gasteiger partial charge is 0.467 e. The molecule has 0 amide bonds. The Hall–Kier alpha value is -0.280. The van der Waals surface area contributed by atoms with Gasteiger partial charge in [0.2, 0.25) is 0 Å². The molecule has 0 atom stereocenters. The van der Waals surface area contributed by atoms with Gasteiger partial charge < -0.3 is 10.5 Å². The van der Waals surface area contributed by atoms with Crippen LogP contribution in [0.4, 0.5) is 0 Å². The first-order valence-corrected chi connectivity index (χ1v) is 2.79. The maximum absolute atomic E-state index is 5.14. The van der Waals surface area contributed by atoms with Gasteiger partial charge in [-0.1, -0.05) is 11.6 Å². The summed E-state index contributed by atoms with van der Waals surface area (Å²) in [6.45, 7) is 0.346. The van der Waals surface area contributed by atoms with Gasteiger partial charge in [0.25, 0.3) is 5.17 Å². The second kappa shape index (κ2) is 4.87. The first kappa shape index (κ1) is 7.72. The average Bonchev–Trinajstić information content (AvgIpc) is 1.66. The van der Waals surface area contributed by atoms with Gasteiger partial charge in [0, 0.05) is 5.54 Å². The molecule has 46 valence electrons. The lowest BCUT2D eigenvalue weighted by molar-refractivity contribution is 0.355. The number of thiocarbonyl (C=S) groups is 1. The number of halogens is 1. The van der Waals surface area contributed by atoms with Gasteiger partial charge in [-0.15, -0.1) is 0 Å². The summed E-state index contributed by atoms with van der Waals surface area (Å²) in [7, 11) is 0. The van der Waals surface area contributed by atoms with Crippen LogP contribution in [0.3, 0.4) is 0 Å². The molecule has 0 aliphatic carbocycles. The minimum atomic E-state index is 0.0415. The Kier molecular flexibility index (Phi) is 4.70. The first-order valence-electron chi connectivity index (χ1n) is 1.95. The molecule has 0 spiro atoms. The van der Waals surface area contributed by atoms with Gasteiger partial charge in [-0.05, 0) is 18.3 Å². The van der Waals surface area contributed by atoms with Gasteiger partial charge in [-0.3, -0.25) is 0 Å². The summed E-state index contributed by atoms with van der Waals surface area (Å²) in [6, 6.07) is 0. The molecule has 4 heteroatoms. The number of nitrogens with two attached hydrogens (primary N) is 1. The highest BCUT2D eigenvalue weighted by molar-refractivity contribution is 7.80. The van der Waals surface area contributed by atoms with Gasteiger partial charge in [0.1, 0.15) is 6.61 Å². The van der Waals surface area contributed by atoms with Crippen molar-refractivity contribution in [1.82, 2.24) is 0 Å². The van der Waals surface area contributed by atoms with E-state index in [1.165, 1.54) is 5.54 Å². The Morgan fingerprint density at radius 2 is 2.50 bits per heavy atom. The van der Waals surface area contributed by atoms with Crippen LogP contribution in [0.1, 0.15) is 0 Å². The van der Waals surface area contributed by atoms with Gasteiger partial charge in [-0.2, -0.15) is 0 Å². The van der Waals surface area contributed by atoms with Crippen LogP contribution in [0, 0.1) is 0 Å². The molecule has 0 heterocycles. The molecule has 8 heavy (non-hydrogen) atoms. The van der Waals surface area contributed by atoms with Crippen molar-refractivity contribution in [2.24, 2.45) is 5.73 Å². The SMILES string of the molecule is NC(=S)OCC=CCl. The topological polar surface area (TPSA) is 35.2 Å². The van der Waals surface area contributed by atoms with Crippen LogP contribution in [0.5, 0.6) is 0 Å². The van der Waals surface area contributed by atoms with Crippen molar-refractivity contribution in [3.05, 3.63) is 11.6 Å². The zero-order valence-corrected chi connectivity index (χ0v) is 5.71. The van der Waals surface area contributed by atoms with Crippen LogP contribution < -0.4 is 5.73 Å². The fourth-order valence-electron chi connectivity index (χ4n) is 0.167. The molecule has 0 unspecified atom stereocenters. The van der Waals surface area contributed by atoms with E-state index in [2.05, 4.69) is 17.0 Å². The van der Waals surface area contributed by atoms with Gasteiger partial charge in [0.15, 0.2) is 0 Å². The maximum Gasteiger partial charge on any atom is 0.254 e. The number of hydrogen-bond donors (Lipinski definition) is 1. The Balaban J connectivity index is 3.05. The van der Waals surface area contributed by atoms with E-state index in [1.54, 1.807) is 6.08 Å². The van der Waals surface area contributed by atoms with E-state index in [0.29, 0.717) is 6.61 Å². The Bertz CT molecular complexity index is 104. The molecule has 0 aromatic carbocycles. The fourth-order valence-corrected chi connectivity index (χ4v) is 0.307. The van der Waals surface area contributed by atoms with Crippen molar-refractivity contribution in [2.45, 2.75) is 0 Å². The zero-order valence-electron chi connectivity index (χ0n) is 4.13. The summed E-state index contributed by atoms with van der Waals surface area (Å²) >= 11 is 9.53. The molecular weight excluding hydrogens is 146 g/mol. The highest BCUT2D eigenvalue weighted by Gasteiger charge is 1.80. The lowest BCUT2D eigenvalue weighted by Gasteiger charge is -1.94. The number of rotatable bonds is 2. The molecule has 0 aliphatic heterocycles. The predicted octanol–water partition coefficient (Wildman–Crippen LogP) is 0.999. The van der Waals surface area contributed by atoms with E-state index >= 15 is 0 Å². The van der Waals surface area contributed by atoms with E-state index in [-0.39, 0.29) is 5.17 Å². The van der Waals surface area contributed by atoms with Crippen LogP contribution in [0.25, 0.3) is 0 Å². The van der Waals surface area contributed by atoms with E-state index in [4.69, 9.17) is 17.3 Å². The van der Waals surface area contributed by atoms with Gasteiger partial charge in [0.05, 0.1) is 0 Å². The lowest BCUT2D eigenvalue weighted by Crippen LogP contribution is -2.12. The highest BCUT2D eigenvalue weighted by atomic mass is 35.5. The summed E-state index contributed by atoms with van der Waals surface area (Å²) in [6.07, 6.45) is 1.60. The van der Waals surface area contributed by atoms with E-state index in [1.807, 2.05) is 0 Å². The molecule has 0 rings (SSSR count). The molecule has 0 aromatic heterocycles. The Labute approximate surface area is 58.3 Å². The number of ether oxygens (including phenoxy) is 1. The Morgan fingerprint density at radius 3 is 2.88 bits per heavy atom. The molecule has 0 saturated carbocycles. The van der Waals surface area contributed by atoms with Crippen molar-refractivity contribution in [3.63, 3.8) is 0 Å². The van der Waals surface area contributed by atoms with Crippen molar-refractivity contribution in [2.75, 3.05) is 6.61 Å². The Morgan fingerprint density at radius 1 is 1.88 bits per heavy atom. The monoisotopic (exact) mass is 151 g/mol.